The summed E-state index contributed by atoms with van der Waals surface area (Å²) >= 11 is 1.92. The summed E-state index contributed by atoms with van der Waals surface area (Å²) in [6.07, 6.45) is 4.27. The molecule has 2 nitrogen and oxygen atoms in total. The predicted molar refractivity (Wildman–Crippen MR) is 45.1 cm³/mol. The zero-order valence-electron chi connectivity index (χ0n) is 4.76. The molecule has 0 saturated heterocycles. The quantitative estimate of drug-likeness (QED) is 0.562. The Bertz CT molecular complexity index is 104. The van der Waals surface area contributed by atoms with Crippen molar-refractivity contribution in [1.29, 1.82) is 0 Å². The molecule has 0 amide bonds. The number of hydrogen-bond donors (Lipinski definition) is 1. The van der Waals surface area contributed by atoms with Gasteiger partial charge in [-0.2, -0.15) is 0 Å². The number of nitrogens with two attached hydrogens (primary N) is 1. The fourth-order valence-corrected chi connectivity index (χ4v) is 0.673. The Kier molecular flexibility index (Phi) is 5.05. The maximum Gasteiger partial charge on any atom is 0.0831 e. The summed E-state index contributed by atoms with van der Waals surface area (Å²) in [6, 6.07) is 0. The summed E-state index contributed by atoms with van der Waals surface area (Å²) < 4.78 is 3.77. The fourth-order valence-electron chi connectivity index (χ4n) is 0.315. The highest BCUT2D eigenvalue weighted by atomic mass is 127. The molecular formula is C5H9IN2. The molecule has 0 saturated carbocycles. The Balaban J connectivity index is 3.72. The van der Waals surface area contributed by atoms with Crippen molar-refractivity contribution in [1.82, 2.24) is 0 Å². The van der Waals surface area contributed by atoms with E-state index in [4.69, 9.17) is 5.73 Å². The number of hydrogen-bond acceptors (Lipinski definition) is 2. The molecule has 0 heterocycles. The van der Waals surface area contributed by atoms with Gasteiger partial charge >= 0.3 is 0 Å². The molecule has 8 heavy (non-hydrogen) atoms. The number of halogens is 1. The SMILES string of the molecule is CCC(/C=N\I)=C/N. The highest BCUT2D eigenvalue weighted by molar-refractivity contribution is 14.1. The van der Waals surface area contributed by atoms with Crippen LogP contribution in [0.3, 0.4) is 0 Å². The summed E-state index contributed by atoms with van der Waals surface area (Å²) in [7, 11) is 0. The van der Waals surface area contributed by atoms with E-state index >= 15 is 0 Å². The first kappa shape index (κ1) is 7.94. The number of allylic oxidation sites excluding steroid dienone is 1. The van der Waals surface area contributed by atoms with Crippen LogP contribution in [0.1, 0.15) is 13.3 Å². The third-order valence-corrected chi connectivity index (χ3v) is 1.12. The molecule has 0 bridgehead atoms. The van der Waals surface area contributed by atoms with Gasteiger partial charge in [-0.15, -0.1) is 0 Å². The monoisotopic (exact) mass is 224 g/mol. The van der Waals surface area contributed by atoms with Crippen molar-refractivity contribution in [2.24, 2.45) is 8.94 Å². The van der Waals surface area contributed by atoms with Gasteiger partial charge in [0.25, 0.3) is 0 Å². The lowest BCUT2D eigenvalue weighted by Gasteiger charge is -1.88. The molecular weight excluding hydrogens is 215 g/mol. The normalized spacial score (nSPS) is 13.0. The fraction of sp³-hybridized carbons (Fsp3) is 0.400. The Labute approximate surface area is 63.4 Å². The maximum atomic E-state index is 5.21. The second-order valence-electron chi connectivity index (χ2n) is 1.32. The van der Waals surface area contributed by atoms with E-state index in [0.29, 0.717) is 0 Å². The molecule has 0 aliphatic carbocycles. The topological polar surface area (TPSA) is 38.4 Å². The van der Waals surface area contributed by atoms with E-state index in [1.807, 2.05) is 29.8 Å². The Hall–Kier alpha value is -0.0600. The molecule has 0 rings (SSSR count). The van der Waals surface area contributed by atoms with E-state index in [1.165, 1.54) is 0 Å². The minimum Gasteiger partial charge on any atom is -0.404 e. The first-order valence-corrected chi connectivity index (χ1v) is 3.36. The molecule has 0 fully saturated rings. The molecule has 3 heteroatoms. The second-order valence-corrected chi connectivity index (χ2v) is 1.88. The first-order valence-electron chi connectivity index (χ1n) is 2.40. The molecule has 0 atom stereocenters. The number of rotatable bonds is 2. The van der Waals surface area contributed by atoms with E-state index in [2.05, 4.69) is 3.21 Å². The molecule has 0 unspecified atom stereocenters. The van der Waals surface area contributed by atoms with Crippen molar-refractivity contribution < 1.29 is 0 Å². The highest BCUT2D eigenvalue weighted by Crippen LogP contribution is 1.94. The zero-order valence-corrected chi connectivity index (χ0v) is 6.92. The standard InChI is InChI=1S/C5H9IN2/c1-2-5(3-7)4-8-6/h3-4H,2,7H2,1H3/b5-3-,8-4-. The molecule has 0 spiro atoms. The molecule has 2 N–H and O–H groups in total. The molecule has 0 aromatic rings. The highest BCUT2D eigenvalue weighted by Gasteiger charge is 1.82. The lowest BCUT2D eigenvalue weighted by Crippen LogP contribution is -1.87. The minimum absolute atomic E-state index is 0.947. The van der Waals surface area contributed by atoms with Crippen molar-refractivity contribution in [3.05, 3.63) is 11.8 Å². The van der Waals surface area contributed by atoms with Gasteiger partial charge in [0.05, 0.1) is 22.9 Å². The average Bonchev–Trinajstić information content (AvgIpc) is 1.83. The van der Waals surface area contributed by atoms with Crippen LogP contribution in [0, 0.1) is 0 Å². The smallest absolute Gasteiger partial charge is 0.0831 e. The van der Waals surface area contributed by atoms with Crippen molar-refractivity contribution in [3.8, 4) is 0 Å². The van der Waals surface area contributed by atoms with Crippen LogP contribution < -0.4 is 5.73 Å². The largest absolute Gasteiger partial charge is 0.404 e. The van der Waals surface area contributed by atoms with Gasteiger partial charge < -0.3 is 5.73 Å². The van der Waals surface area contributed by atoms with E-state index < -0.39 is 0 Å². The lowest BCUT2D eigenvalue weighted by molar-refractivity contribution is 1.17. The minimum atomic E-state index is 0.947. The van der Waals surface area contributed by atoms with Crippen molar-refractivity contribution >= 4 is 29.1 Å². The summed E-state index contributed by atoms with van der Waals surface area (Å²) in [4.78, 5) is 0. The van der Waals surface area contributed by atoms with Gasteiger partial charge in [0.2, 0.25) is 0 Å². The van der Waals surface area contributed by atoms with Crippen LogP contribution in [-0.4, -0.2) is 6.21 Å². The van der Waals surface area contributed by atoms with Crippen LogP contribution in [0.5, 0.6) is 0 Å². The molecule has 46 valence electrons. The van der Waals surface area contributed by atoms with E-state index in [-0.39, 0.29) is 0 Å². The van der Waals surface area contributed by atoms with Crippen LogP contribution in [0.4, 0.5) is 0 Å². The van der Waals surface area contributed by atoms with Crippen LogP contribution in [-0.2, 0) is 0 Å². The van der Waals surface area contributed by atoms with Crippen LogP contribution in [0.25, 0.3) is 0 Å². The van der Waals surface area contributed by atoms with E-state index in [9.17, 15) is 0 Å². The van der Waals surface area contributed by atoms with Gasteiger partial charge in [0, 0.05) is 6.21 Å². The molecule has 0 radical (unpaired) electrons. The molecule has 0 aromatic carbocycles. The van der Waals surface area contributed by atoms with Crippen LogP contribution >= 0.6 is 22.9 Å². The van der Waals surface area contributed by atoms with Crippen molar-refractivity contribution in [2.75, 3.05) is 0 Å². The Morgan fingerprint density at radius 1 is 1.88 bits per heavy atom. The van der Waals surface area contributed by atoms with Gasteiger partial charge in [0.1, 0.15) is 0 Å². The van der Waals surface area contributed by atoms with Gasteiger partial charge in [-0.05, 0) is 18.2 Å². The summed E-state index contributed by atoms with van der Waals surface area (Å²) in [5.74, 6) is 0. The van der Waals surface area contributed by atoms with Gasteiger partial charge in [-0.25, -0.2) is 3.21 Å². The maximum absolute atomic E-state index is 5.21. The van der Waals surface area contributed by atoms with Gasteiger partial charge in [0.15, 0.2) is 0 Å². The third-order valence-electron chi connectivity index (χ3n) is 0.837. The van der Waals surface area contributed by atoms with Crippen molar-refractivity contribution in [3.63, 3.8) is 0 Å². The molecule has 0 aliphatic rings. The van der Waals surface area contributed by atoms with Gasteiger partial charge in [-0.1, -0.05) is 6.92 Å². The first-order chi connectivity index (χ1) is 3.85. The zero-order chi connectivity index (χ0) is 6.41. The molecule has 0 aromatic heterocycles. The van der Waals surface area contributed by atoms with Crippen LogP contribution in [0.15, 0.2) is 15.0 Å². The Morgan fingerprint density at radius 2 is 2.50 bits per heavy atom. The van der Waals surface area contributed by atoms with E-state index in [1.54, 1.807) is 12.4 Å². The number of nitrogens with zero attached hydrogens (tertiary/aromatic N) is 1. The molecule has 0 aliphatic heterocycles. The second kappa shape index (κ2) is 5.08. The Morgan fingerprint density at radius 3 is 2.62 bits per heavy atom. The van der Waals surface area contributed by atoms with E-state index in [0.717, 1.165) is 12.0 Å². The van der Waals surface area contributed by atoms with Crippen molar-refractivity contribution in [2.45, 2.75) is 13.3 Å². The average molecular weight is 224 g/mol. The predicted octanol–water partition coefficient (Wildman–Crippen LogP) is 1.66. The summed E-state index contributed by atoms with van der Waals surface area (Å²) in [6.45, 7) is 2.04. The van der Waals surface area contributed by atoms with Crippen LogP contribution in [0.2, 0.25) is 0 Å². The summed E-state index contributed by atoms with van der Waals surface area (Å²) in [5, 5.41) is 0. The summed E-state index contributed by atoms with van der Waals surface area (Å²) in [5.41, 5.74) is 6.28. The lowest BCUT2D eigenvalue weighted by atomic mass is 10.2. The van der Waals surface area contributed by atoms with Gasteiger partial charge in [-0.3, -0.25) is 0 Å². The third kappa shape index (κ3) is 3.01.